The third-order valence-electron chi connectivity index (χ3n) is 4.82. The highest BCUT2D eigenvalue weighted by Gasteiger charge is 2.19. The van der Waals surface area contributed by atoms with Crippen LogP contribution in [0.3, 0.4) is 0 Å². The third-order valence-corrected chi connectivity index (χ3v) is 4.82. The first-order chi connectivity index (χ1) is 19.1. The normalized spacial score (nSPS) is 11.0. The summed E-state index contributed by atoms with van der Waals surface area (Å²) in [7, 11) is 0. The van der Waals surface area contributed by atoms with Gasteiger partial charge in [0.05, 0.1) is 0 Å². The molecule has 0 aliphatic heterocycles. The summed E-state index contributed by atoms with van der Waals surface area (Å²) < 4.78 is 25.0. The Bertz CT molecular complexity index is 1190. The molecular weight excluding hydrogens is 528 g/mol. The molecule has 2 rings (SSSR count). The molecule has 2 amide bonds. The van der Waals surface area contributed by atoms with E-state index >= 15 is 0 Å². The molecule has 1 unspecified atom stereocenters. The second-order valence-corrected chi connectivity index (χ2v) is 8.02. The van der Waals surface area contributed by atoms with Crippen LogP contribution in [-0.4, -0.2) is 61.6 Å². The summed E-state index contributed by atoms with van der Waals surface area (Å²) in [6.45, 7) is 3.26. The van der Waals surface area contributed by atoms with E-state index in [1.54, 1.807) is 13.8 Å². The van der Waals surface area contributed by atoms with Crippen LogP contribution in [-0.2, 0) is 43.0 Å². The van der Waals surface area contributed by atoms with Crippen LogP contribution < -0.4 is 20.1 Å². The van der Waals surface area contributed by atoms with E-state index in [0.29, 0.717) is 11.4 Å². The molecule has 0 aromatic heterocycles. The minimum atomic E-state index is -1.10. The molecule has 214 valence electrons. The summed E-state index contributed by atoms with van der Waals surface area (Å²) in [4.78, 5) is 70.1. The van der Waals surface area contributed by atoms with E-state index in [9.17, 15) is 28.8 Å². The lowest BCUT2D eigenvalue weighted by Crippen LogP contribution is -2.29. The number of benzene rings is 2. The van der Waals surface area contributed by atoms with Crippen LogP contribution in [0, 0.1) is 0 Å². The van der Waals surface area contributed by atoms with Gasteiger partial charge in [-0.25, -0.2) is 9.59 Å². The van der Waals surface area contributed by atoms with Gasteiger partial charge in [-0.1, -0.05) is 13.8 Å². The summed E-state index contributed by atoms with van der Waals surface area (Å²) >= 11 is 0. The van der Waals surface area contributed by atoms with Gasteiger partial charge in [0.2, 0.25) is 0 Å². The minimum Gasteiger partial charge on any atom is -0.456 e. The lowest BCUT2D eigenvalue weighted by molar-refractivity contribution is -0.152. The van der Waals surface area contributed by atoms with Gasteiger partial charge in [-0.05, 0) is 55.5 Å². The Balaban J connectivity index is 1.72. The molecule has 0 radical (unpaired) electrons. The quantitative estimate of drug-likeness (QED) is 0.257. The SMILES string of the molecule is CCC(=O)OCC(=O)Nc1ccc(OC(=O)COC(C)C(=O)Oc2ccc(NC(=O)COC(=O)CC)cc2)cc1. The third kappa shape index (κ3) is 11.7. The fourth-order valence-corrected chi connectivity index (χ4v) is 2.72. The molecule has 0 heterocycles. The molecule has 0 aliphatic carbocycles. The number of esters is 4. The van der Waals surface area contributed by atoms with Crippen molar-refractivity contribution in [3.05, 3.63) is 48.5 Å². The van der Waals surface area contributed by atoms with E-state index < -0.39 is 61.6 Å². The summed E-state index contributed by atoms with van der Waals surface area (Å²) in [5.74, 6) is -3.20. The van der Waals surface area contributed by atoms with Gasteiger partial charge < -0.3 is 34.3 Å². The molecule has 2 aromatic rings. The van der Waals surface area contributed by atoms with Gasteiger partial charge in [0.25, 0.3) is 11.8 Å². The Morgan fingerprint density at radius 1 is 0.625 bits per heavy atom. The van der Waals surface area contributed by atoms with E-state index in [2.05, 4.69) is 10.6 Å². The Kier molecular flexibility index (Phi) is 12.8. The summed E-state index contributed by atoms with van der Waals surface area (Å²) in [6, 6.07) is 11.7. The number of hydrogen-bond acceptors (Lipinski definition) is 11. The van der Waals surface area contributed by atoms with Crippen molar-refractivity contribution in [3.8, 4) is 11.5 Å². The first-order valence-electron chi connectivity index (χ1n) is 12.2. The predicted molar refractivity (Wildman–Crippen MR) is 139 cm³/mol. The number of carbonyl (C=O) groups is 6. The van der Waals surface area contributed by atoms with Crippen molar-refractivity contribution in [3.63, 3.8) is 0 Å². The zero-order valence-electron chi connectivity index (χ0n) is 22.2. The highest BCUT2D eigenvalue weighted by Crippen LogP contribution is 2.18. The van der Waals surface area contributed by atoms with Gasteiger partial charge >= 0.3 is 23.9 Å². The van der Waals surface area contributed by atoms with Gasteiger partial charge in [-0.3, -0.25) is 19.2 Å². The smallest absolute Gasteiger partial charge is 0.340 e. The number of hydrogen-bond donors (Lipinski definition) is 2. The second-order valence-electron chi connectivity index (χ2n) is 8.02. The number of ether oxygens (including phenoxy) is 5. The molecule has 0 saturated heterocycles. The average molecular weight is 559 g/mol. The zero-order chi connectivity index (χ0) is 29.5. The van der Waals surface area contributed by atoms with Crippen molar-refractivity contribution >= 4 is 47.1 Å². The molecule has 0 bridgehead atoms. The molecule has 13 heteroatoms. The average Bonchev–Trinajstić information content (AvgIpc) is 2.95. The molecule has 40 heavy (non-hydrogen) atoms. The maximum atomic E-state index is 12.3. The number of amides is 2. The molecule has 13 nitrogen and oxygen atoms in total. The fraction of sp³-hybridized carbons (Fsp3) is 0.333. The Labute approximate surface area is 230 Å². The number of rotatable bonds is 14. The van der Waals surface area contributed by atoms with Crippen LogP contribution in [0.15, 0.2) is 48.5 Å². The van der Waals surface area contributed by atoms with Crippen molar-refractivity contribution in [2.75, 3.05) is 30.5 Å². The van der Waals surface area contributed by atoms with Gasteiger partial charge in [0, 0.05) is 24.2 Å². The standard InChI is InChI=1S/C27H30N2O11/c1-4-24(32)37-14-22(30)28-18-6-10-20(11-7-18)39-26(34)16-36-17(3)27(35)40-21-12-8-19(9-13-21)29-23(31)15-38-25(33)5-2/h6-13,17H,4-5,14-16H2,1-3H3,(H,28,30)(H,29,31). The van der Waals surface area contributed by atoms with Crippen molar-refractivity contribution in [1.29, 1.82) is 0 Å². The van der Waals surface area contributed by atoms with Crippen LogP contribution in [0.4, 0.5) is 11.4 Å². The van der Waals surface area contributed by atoms with E-state index in [1.165, 1.54) is 55.5 Å². The minimum absolute atomic E-state index is 0.161. The van der Waals surface area contributed by atoms with Crippen LogP contribution in [0.1, 0.15) is 33.6 Å². The highest BCUT2D eigenvalue weighted by molar-refractivity contribution is 5.93. The molecule has 2 N–H and O–H groups in total. The van der Waals surface area contributed by atoms with Crippen LogP contribution >= 0.6 is 0 Å². The van der Waals surface area contributed by atoms with Crippen molar-refractivity contribution in [1.82, 2.24) is 0 Å². The monoisotopic (exact) mass is 558 g/mol. The molecule has 0 spiro atoms. The van der Waals surface area contributed by atoms with Gasteiger partial charge in [0.1, 0.15) is 18.1 Å². The van der Waals surface area contributed by atoms with E-state index in [4.69, 9.17) is 23.7 Å². The Hall–Kier alpha value is -4.78. The van der Waals surface area contributed by atoms with E-state index in [0.717, 1.165) is 0 Å². The Morgan fingerprint density at radius 2 is 1.05 bits per heavy atom. The molecule has 2 aromatic carbocycles. The predicted octanol–water partition coefficient (Wildman–Crippen LogP) is 2.39. The summed E-state index contributed by atoms with van der Waals surface area (Å²) in [6.07, 6.45) is -0.774. The highest BCUT2D eigenvalue weighted by atomic mass is 16.6. The largest absolute Gasteiger partial charge is 0.456 e. The summed E-state index contributed by atoms with van der Waals surface area (Å²) in [5, 5.41) is 5.06. The lowest BCUT2D eigenvalue weighted by atomic mass is 10.3. The number of anilines is 2. The lowest BCUT2D eigenvalue weighted by Gasteiger charge is -2.13. The van der Waals surface area contributed by atoms with Crippen molar-refractivity contribution < 1.29 is 52.5 Å². The maximum Gasteiger partial charge on any atom is 0.340 e. The number of nitrogens with one attached hydrogen (secondary N) is 2. The zero-order valence-corrected chi connectivity index (χ0v) is 22.2. The first kappa shape index (κ1) is 31.4. The fourth-order valence-electron chi connectivity index (χ4n) is 2.72. The first-order valence-corrected chi connectivity index (χ1v) is 12.2. The maximum absolute atomic E-state index is 12.3. The summed E-state index contributed by atoms with van der Waals surface area (Å²) in [5.41, 5.74) is 0.801. The van der Waals surface area contributed by atoms with Crippen LogP contribution in [0.25, 0.3) is 0 Å². The van der Waals surface area contributed by atoms with Crippen molar-refractivity contribution in [2.45, 2.75) is 39.7 Å². The molecular formula is C27H30N2O11. The van der Waals surface area contributed by atoms with Gasteiger partial charge in [-0.15, -0.1) is 0 Å². The molecule has 0 aliphatic rings. The topological polar surface area (TPSA) is 173 Å². The van der Waals surface area contributed by atoms with Gasteiger partial charge in [0.15, 0.2) is 19.3 Å². The number of carbonyl (C=O) groups excluding carboxylic acids is 6. The Morgan fingerprint density at radius 3 is 1.48 bits per heavy atom. The van der Waals surface area contributed by atoms with E-state index in [1.807, 2.05) is 0 Å². The van der Waals surface area contributed by atoms with Gasteiger partial charge in [-0.2, -0.15) is 0 Å². The molecule has 1 atom stereocenters. The second kappa shape index (κ2) is 16.2. The van der Waals surface area contributed by atoms with Crippen molar-refractivity contribution in [2.24, 2.45) is 0 Å². The van der Waals surface area contributed by atoms with Crippen LogP contribution in [0.5, 0.6) is 11.5 Å². The van der Waals surface area contributed by atoms with E-state index in [-0.39, 0.29) is 24.3 Å². The molecule has 0 fully saturated rings. The van der Waals surface area contributed by atoms with Crippen LogP contribution in [0.2, 0.25) is 0 Å². The molecule has 0 saturated carbocycles.